The SMILES string of the molecule is Cc1cc(NC(=S)N(Cc2ccccc2C)CC2CCCCC2)ccc1Cl. The molecule has 4 heteroatoms. The number of nitrogens with one attached hydrogen (secondary N) is 1. The van der Waals surface area contributed by atoms with Crippen molar-refractivity contribution >= 4 is 34.6 Å². The minimum Gasteiger partial charge on any atom is -0.344 e. The van der Waals surface area contributed by atoms with Crippen LogP contribution in [0.3, 0.4) is 0 Å². The van der Waals surface area contributed by atoms with Gasteiger partial charge in [-0.25, -0.2) is 0 Å². The van der Waals surface area contributed by atoms with Gasteiger partial charge in [0.25, 0.3) is 0 Å². The summed E-state index contributed by atoms with van der Waals surface area (Å²) in [7, 11) is 0. The summed E-state index contributed by atoms with van der Waals surface area (Å²) in [5.41, 5.74) is 4.71. The number of hydrogen-bond acceptors (Lipinski definition) is 1. The fourth-order valence-electron chi connectivity index (χ4n) is 3.82. The van der Waals surface area contributed by atoms with Crippen LogP contribution in [-0.4, -0.2) is 16.6 Å². The number of thiocarbonyl (C=S) groups is 1. The lowest BCUT2D eigenvalue weighted by Crippen LogP contribution is -2.38. The minimum atomic E-state index is 0.731. The zero-order valence-electron chi connectivity index (χ0n) is 16.3. The molecule has 1 N–H and O–H groups in total. The van der Waals surface area contributed by atoms with E-state index in [9.17, 15) is 0 Å². The average Bonchev–Trinajstić information content (AvgIpc) is 2.66. The van der Waals surface area contributed by atoms with Crippen molar-refractivity contribution in [3.63, 3.8) is 0 Å². The Morgan fingerprint density at radius 2 is 1.81 bits per heavy atom. The molecular weight excluding hydrogens is 372 g/mol. The normalized spacial score (nSPS) is 14.8. The van der Waals surface area contributed by atoms with Crippen molar-refractivity contribution < 1.29 is 0 Å². The van der Waals surface area contributed by atoms with Crippen LogP contribution >= 0.6 is 23.8 Å². The average molecular weight is 401 g/mol. The Balaban J connectivity index is 1.75. The smallest absolute Gasteiger partial charge is 0.173 e. The molecule has 1 saturated carbocycles. The van der Waals surface area contributed by atoms with Crippen LogP contribution in [0.1, 0.15) is 48.8 Å². The van der Waals surface area contributed by atoms with E-state index in [4.69, 9.17) is 23.8 Å². The zero-order chi connectivity index (χ0) is 19.2. The molecule has 3 rings (SSSR count). The summed E-state index contributed by atoms with van der Waals surface area (Å²) in [5, 5.41) is 5.02. The third kappa shape index (κ3) is 5.70. The predicted octanol–water partition coefficient (Wildman–Crippen LogP) is 6.74. The quantitative estimate of drug-likeness (QED) is 0.559. The van der Waals surface area contributed by atoms with Crippen LogP contribution < -0.4 is 5.32 Å². The standard InChI is InChI=1S/C23H29ClN2S/c1-17-8-6-7-11-20(17)16-26(15-19-9-4-3-5-10-19)23(27)25-21-12-13-22(24)18(2)14-21/h6-8,11-14,19H,3-5,9-10,15-16H2,1-2H3,(H,25,27). The summed E-state index contributed by atoms with van der Waals surface area (Å²) in [6.45, 7) is 6.06. The second-order valence-corrected chi connectivity index (χ2v) is 8.50. The van der Waals surface area contributed by atoms with Gasteiger partial charge in [0, 0.05) is 23.8 Å². The van der Waals surface area contributed by atoms with Gasteiger partial charge >= 0.3 is 0 Å². The number of anilines is 1. The molecule has 0 aromatic heterocycles. The zero-order valence-corrected chi connectivity index (χ0v) is 17.9. The van der Waals surface area contributed by atoms with Gasteiger partial charge in [-0.15, -0.1) is 0 Å². The fourth-order valence-corrected chi connectivity index (χ4v) is 4.19. The summed E-state index contributed by atoms with van der Waals surface area (Å²) in [5.74, 6) is 0.731. The lowest BCUT2D eigenvalue weighted by atomic mass is 9.89. The molecule has 2 aromatic carbocycles. The third-order valence-corrected chi connectivity index (χ3v) is 6.31. The van der Waals surface area contributed by atoms with E-state index in [1.165, 1.54) is 43.2 Å². The molecule has 0 bridgehead atoms. The van der Waals surface area contributed by atoms with E-state index in [2.05, 4.69) is 47.5 Å². The van der Waals surface area contributed by atoms with Crippen LogP contribution in [0.2, 0.25) is 5.02 Å². The summed E-state index contributed by atoms with van der Waals surface area (Å²) >= 11 is 12.0. The Hall–Kier alpha value is -1.58. The van der Waals surface area contributed by atoms with Crippen molar-refractivity contribution in [2.24, 2.45) is 5.92 Å². The molecule has 0 heterocycles. The maximum Gasteiger partial charge on any atom is 0.173 e. The summed E-state index contributed by atoms with van der Waals surface area (Å²) in [6, 6.07) is 14.6. The second-order valence-electron chi connectivity index (χ2n) is 7.71. The highest BCUT2D eigenvalue weighted by Crippen LogP contribution is 2.26. The summed E-state index contributed by atoms with van der Waals surface area (Å²) < 4.78 is 0. The molecule has 0 aliphatic heterocycles. The van der Waals surface area contributed by atoms with Crippen molar-refractivity contribution in [2.45, 2.75) is 52.5 Å². The Kier molecular flexibility index (Phi) is 7.14. The number of nitrogens with zero attached hydrogens (tertiary/aromatic N) is 1. The molecule has 2 aromatic rings. The first-order valence-corrected chi connectivity index (χ1v) is 10.7. The summed E-state index contributed by atoms with van der Waals surface area (Å²) in [4.78, 5) is 2.34. The molecule has 0 amide bonds. The van der Waals surface area contributed by atoms with E-state index in [-0.39, 0.29) is 0 Å². The van der Waals surface area contributed by atoms with E-state index in [1.807, 2.05) is 19.1 Å². The first-order chi connectivity index (χ1) is 13.0. The van der Waals surface area contributed by atoms with Gasteiger partial charge in [-0.05, 0) is 79.7 Å². The van der Waals surface area contributed by atoms with Gasteiger partial charge in [0.2, 0.25) is 0 Å². The first-order valence-electron chi connectivity index (χ1n) is 9.89. The van der Waals surface area contributed by atoms with Crippen molar-refractivity contribution in [3.8, 4) is 0 Å². The minimum absolute atomic E-state index is 0.731. The molecule has 144 valence electrons. The largest absolute Gasteiger partial charge is 0.344 e. The third-order valence-electron chi connectivity index (χ3n) is 5.52. The van der Waals surface area contributed by atoms with Gasteiger partial charge < -0.3 is 10.2 Å². The lowest BCUT2D eigenvalue weighted by Gasteiger charge is -2.32. The van der Waals surface area contributed by atoms with E-state index in [0.717, 1.165) is 40.4 Å². The molecule has 0 spiro atoms. The molecule has 2 nitrogen and oxygen atoms in total. The van der Waals surface area contributed by atoms with Gasteiger partial charge in [-0.3, -0.25) is 0 Å². The second kappa shape index (κ2) is 9.57. The highest BCUT2D eigenvalue weighted by atomic mass is 35.5. The molecule has 0 atom stereocenters. The van der Waals surface area contributed by atoms with Gasteiger partial charge in [-0.2, -0.15) is 0 Å². The Morgan fingerprint density at radius 3 is 2.52 bits per heavy atom. The fraction of sp³-hybridized carbons (Fsp3) is 0.435. The Bertz CT molecular complexity index is 784. The topological polar surface area (TPSA) is 15.3 Å². The number of aryl methyl sites for hydroxylation is 2. The number of halogens is 1. The van der Waals surface area contributed by atoms with Crippen LogP contribution in [0.4, 0.5) is 5.69 Å². The summed E-state index contributed by atoms with van der Waals surface area (Å²) in [6.07, 6.45) is 6.69. The van der Waals surface area contributed by atoms with Crippen LogP contribution in [0.25, 0.3) is 0 Å². The van der Waals surface area contributed by atoms with Crippen molar-refractivity contribution in [1.29, 1.82) is 0 Å². The van der Waals surface area contributed by atoms with E-state index in [0.29, 0.717) is 0 Å². The number of rotatable bonds is 5. The Morgan fingerprint density at radius 1 is 1.07 bits per heavy atom. The van der Waals surface area contributed by atoms with Crippen LogP contribution in [0.15, 0.2) is 42.5 Å². The number of hydrogen-bond donors (Lipinski definition) is 1. The maximum atomic E-state index is 6.16. The molecule has 27 heavy (non-hydrogen) atoms. The predicted molar refractivity (Wildman–Crippen MR) is 121 cm³/mol. The molecule has 0 radical (unpaired) electrons. The molecular formula is C23H29ClN2S. The molecule has 1 fully saturated rings. The Labute approximate surface area is 173 Å². The molecule has 0 saturated heterocycles. The molecule has 1 aliphatic rings. The van der Waals surface area contributed by atoms with E-state index in [1.54, 1.807) is 0 Å². The molecule has 0 unspecified atom stereocenters. The number of benzene rings is 2. The first kappa shape index (κ1) is 20.2. The highest BCUT2D eigenvalue weighted by Gasteiger charge is 2.20. The van der Waals surface area contributed by atoms with Crippen molar-refractivity contribution in [2.75, 3.05) is 11.9 Å². The van der Waals surface area contributed by atoms with Gasteiger partial charge in [-0.1, -0.05) is 55.1 Å². The monoisotopic (exact) mass is 400 g/mol. The van der Waals surface area contributed by atoms with Crippen molar-refractivity contribution in [3.05, 3.63) is 64.2 Å². The van der Waals surface area contributed by atoms with Crippen LogP contribution in [0, 0.1) is 19.8 Å². The van der Waals surface area contributed by atoms with Crippen molar-refractivity contribution in [1.82, 2.24) is 4.90 Å². The molecule has 1 aliphatic carbocycles. The highest BCUT2D eigenvalue weighted by molar-refractivity contribution is 7.80. The van der Waals surface area contributed by atoms with Crippen LogP contribution in [-0.2, 0) is 6.54 Å². The van der Waals surface area contributed by atoms with Gasteiger partial charge in [0.1, 0.15) is 0 Å². The van der Waals surface area contributed by atoms with Crippen LogP contribution in [0.5, 0.6) is 0 Å². The van der Waals surface area contributed by atoms with Gasteiger partial charge in [0.05, 0.1) is 0 Å². The van der Waals surface area contributed by atoms with E-state index < -0.39 is 0 Å². The maximum absolute atomic E-state index is 6.16. The lowest BCUT2D eigenvalue weighted by molar-refractivity contribution is 0.271. The van der Waals surface area contributed by atoms with Gasteiger partial charge in [0.15, 0.2) is 5.11 Å². The van der Waals surface area contributed by atoms with E-state index >= 15 is 0 Å².